The van der Waals surface area contributed by atoms with E-state index in [9.17, 15) is 0 Å². The molecule has 1 unspecified atom stereocenters. The Morgan fingerprint density at radius 3 is 2.47 bits per heavy atom. The molecule has 1 atom stereocenters. The lowest BCUT2D eigenvalue weighted by atomic mass is 10.2. The molecule has 1 aromatic rings. The molecule has 0 aliphatic heterocycles. The molecule has 0 saturated heterocycles. The summed E-state index contributed by atoms with van der Waals surface area (Å²) in [6.45, 7) is 6.61. The third-order valence-corrected chi connectivity index (χ3v) is 2.83. The van der Waals surface area contributed by atoms with E-state index in [0.717, 1.165) is 13.1 Å². The van der Waals surface area contributed by atoms with Gasteiger partial charge >= 0.3 is 0 Å². The number of hydrogen-bond acceptors (Lipinski definition) is 2. The minimum Gasteiger partial charge on any atom is -0.372 e. The van der Waals surface area contributed by atoms with Crippen molar-refractivity contribution in [1.82, 2.24) is 5.32 Å². The van der Waals surface area contributed by atoms with Crippen molar-refractivity contribution in [3.63, 3.8) is 0 Å². The molecule has 1 N–H and O–H groups in total. The number of rotatable bonds is 6. The summed E-state index contributed by atoms with van der Waals surface area (Å²) in [5.41, 5.74) is 1.32. The van der Waals surface area contributed by atoms with Gasteiger partial charge in [0.25, 0.3) is 0 Å². The Bertz CT molecular complexity index is 258. The van der Waals surface area contributed by atoms with Gasteiger partial charge in [0.2, 0.25) is 0 Å². The molecule has 0 radical (unpaired) electrons. The molecule has 0 spiro atoms. The second-order valence-corrected chi connectivity index (χ2v) is 3.89. The molecule has 15 heavy (non-hydrogen) atoms. The molecule has 0 aliphatic rings. The van der Waals surface area contributed by atoms with Gasteiger partial charge in [-0.2, -0.15) is 0 Å². The minimum absolute atomic E-state index is 0.586. The van der Waals surface area contributed by atoms with Gasteiger partial charge in [-0.15, -0.1) is 0 Å². The van der Waals surface area contributed by atoms with Crippen molar-refractivity contribution in [3.05, 3.63) is 30.3 Å². The summed E-state index contributed by atoms with van der Waals surface area (Å²) in [7, 11) is 2.02. The lowest BCUT2D eigenvalue weighted by Gasteiger charge is -2.24. The van der Waals surface area contributed by atoms with Crippen molar-refractivity contribution < 1.29 is 0 Å². The highest BCUT2D eigenvalue weighted by molar-refractivity contribution is 5.45. The Kier molecular flexibility index (Phi) is 5.19. The zero-order chi connectivity index (χ0) is 11.1. The number of benzene rings is 1. The third kappa shape index (κ3) is 3.92. The first kappa shape index (κ1) is 12.1. The average Bonchev–Trinajstić information content (AvgIpc) is 2.31. The summed E-state index contributed by atoms with van der Waals surface area (Å²) in [5, 5.41) is 3.27. The van der Waals surface area contributed by atoms with Gasteiger partial charge in [-0.3, -0.25) is 0 Å². The predicted molar refractivity (Wildman–Crippen MR) is 67.5 cm³/mol. The summed E-state index contributed by atoms with van der Waals surface area (Å²) in [6.07, 6.45) is 1.18. The molecule has 0 aromatic heterocycles. The molecule has 84 valence electrons. The van der Waals surface area contributed by atoms with Crippen LogP contribution >= 0.6 is 0 Å². The van der Waals surface area contributed by atoms with Gasteiger partial charge in [-0.25, -0.2) is 0 Å². The molecule has 0 aliphatic carbocycles. The first-order valence-corrected chi connectivity index (χ1v) is 5.75. The van der Waals surface area contributed by atoms with Crippen LogP contribution in [0.5, 0.6) is 0 Å². The van der Waals surface area contributed by atoms with Gasteiger partial charge in [0, 0.05) is 24.8 Å². The Morgan fingerprint density at radius 2 is 1.93 bits per heavy atom. The standard InChI is InChI=1S/C13H22N2/c1-4-15(11-10-12(2)14-3)13-8-6-5-7-9-13/h5-9,12,14H,4,10-11H2,1-3H3. The second kappa shape index (κ2) is 6.46. The van der Waals surface area contributed by atoms with E-state index in [2.05, 4.69) is 54.4 Å². The van der Waals surface area contributed by atoms with Gasteiger partial charge in [0.1, 0.15) is 0 Å². The van der Waals surface area contributed by atoms with E-state index in [-0.39, 0.29) is 0 Å². The first-order valence-electron chi connectivity index (χ1n) is 5.75. The molecular formula is C13H22N2. The maximum Gasteiger partial charge on any atom is 0.0366 e. The molecule has 0 fully saturated rings. The highest BCUT2D eigenvalue weighted by Crippen LogP contribution is 2.13. The van der Waals surface area contributed by atoms with Gasteiger partial charge in [0.05, 0.1) is 0 Å². The van der Waals surface area contributed by atoms with Crippen molar-refractivity contribution in [2.45, 2.75) is 26.3 Å². The Balaban J connectivity index is 2.50. The highest BCUT2D eigenvalue weighted by atomic mass is 15.1. The molecule has 1 aromatic carbocycles. The molecule has 1 rings (SSSR count). The van der Waals surface area contributed by atoms with Crippen LogP contribution in [-0.4, -0.2) is 26.2 Å². The molecule has 0 heterocycles. The fraction of sp³-hybridized carbons (Fsp3) is 0.538. The van der Waals surface area contributed by atoms with Crippen molar-refractivity contribution in [2.24, 2.45) is 0 Å². The molecule has 0 amide bonds. The van der Waals surface area contributed by atoms with Crippen molar-refractivity contribution in [1.29, 1.82) is 0 Å². The normalized spacial score (nSPS) is 12.5. The van der Waals surface area contributed by atoms with Crippen LogP contribution in [0.1, 0.15) is 20.3 Å². The van der Waals surface area contributed by atoms with Gasteiger partial charge < -0.3 is 10.2 Å². The summed E-state index contributed by atoms with van der Waals surface area (Å²) in [5.74, 6) is 0. The van der Waals surface area contributed by atoms with Crippen LogP contribution in [0.25, 0.3) is 0 Å². The van der Waals surface area contributed by atoms with E-state index in [0.29, 0.717) is 6.04 Å². The van der Waals surface area contributed by atoms with Crippen LogP contribution in [-0.2, 0) is 0 Å². The molecule has 0 bridgehead atoms. The predicted octanol–water partition coefficient (Wildman–Crippen LogP) is 2.51. The van der Waals surface area contributed by atoms with E-state index >= 15 is 0 Å². The van der Waals surface area contributed by atoms with Crippen LogP contribution < -0.4 is 10.2 Å². The van der Waals surface area contributed by atoms with Gasteiger partial charge in [-0.1, -0.05) is 18.2 Å². The van der Waals surface area contributed by atoms with Crippen molar-refractivity contribution in [2.75, 3.05) is 25.0 Å². The van der Waals surface area contributed by atoms with Crippen LogP contribution in [0, 0.1) is 0 Å². The summed E-state index contributed by atoms with van der Waals surface area (Å²) in [6, 6.07) is 11.2. The molecule has 2 heteroatoms. The maximum atomic E-state index is 3.27. The smallest absolute Gasteiger partial charge is 0.0366 e. The van der Waals surface area contributed by atoms with Crippen molar-refractivity contribution in [3.8, 4) is 0 Å². The fourth-order valence-corrected chi connectivity index (χ4v) is 1.60. The summed E-state index contributed by atoms with van der Waals surface area (Å²) in [4.78, 5) is 2.41. The fourth-order valence-electron chi connectivity index (χ4n) is 1.60. The molecular weight excluding hydrogens is 184 g/mol. The highest BCUT2D eigenvalue weighted by Gasteiger charge is 2.05. The van der Waals surface area contributed by atoms with Gasteiger partial charge in [0.15, 0.2) is 0 Å². The lowest BCUT2D eigenvalue weighted by molar-refractivity contribution is 0.558. The zero-order valence-electron chi connectivity index (χ0n) is 10.0. The molecule has 2 nitrogen and oxygen atoms in total. The van der Waals surface area contributed by atoms with E-state index < -0.39 is 0 Å². The Hall–Kier alpha value is -1.02. The van der Waals surface area contributed by atoms with Crippen LogP contribution in [0.4, 0.5) is 5.69 Å². The van der Waals surface area contributed by atoms with Crippen LogP contribution in [0.3, 0.4) is 0 Å². The number of hydrogen-bond donors (Lipinski definition) is 1. The summed E-state index contributed by atoms with van der Waals surface area (Å²) < 4.78 is 0. The quantitative estimate of drug-likeness (QED) is 0.769. The summed E-state index contributed by atoms with van der Waals surface area (Å²) >= 11 is 0. The Morgan fingerprint density at radius 1 is 1.27 bits per heavy atom. The number of anilines is 1. The van der Waals surface area contributed by atoms with Crippen molar-refractivity contribution >= 4 is 5.69 Å². The van der Waals surface area contributed by atoms with Gasteiger partial charge in [-0.05, 0) is 39.4 Å². The monoisotopic (exact) mass is 206 g/mol. The maximum absolute atomic E-state index is 3.27. The first-order chi connectivity index (χ1) is 7.27. The second-order valence-electron chi connectivity index (χ2n) is 3.89. The van der Waals surface area contributed by atoms with Crippen LogP contribution in [0.15, 0.2) is 30.3 Å². The number of nitrogens with one attached hydrogen (secondary N) is 1. The third-order valence-electron chi connectivity index (χ3n) is 2.83. The topological polar surface area (TPSA) is 15.3 Å². The molecule has 0 saturated carbocycles. The Labute approximate surface area is 93.3 Å². The zero-order valence-corrected chi connectivity index (χ0v) is 10.0. The number of para-hydroxylation sites is 1. The SMILES string of the molecule is CCN(CCC(C)NC)c1ccccc1. The van der Waals surface area contributed by atoms with E-state index in [1.54, 1.807) is 0 Å². The minimum atomic E-state index is 0.586. The van der Waals surface area contributed by atoms with E-state index in [4.69, 9.17) is 0 Å². The average molecular weight is 206 g/mol. The van der Waals surface area contributed by atoms with Crippen LogP contribution in [0.2, 0.25) is 0 Å². The van der Waals surface area contributed by atoms with E-state index in [1.165, 1.54) is 12.1 Å². The number of nitrogens with zero attached hydrogens (tertiary/aromatic N) is 1. The van der Waals surface area contributed by atoms with E-state index in [1.807, 2.05) is 7.05 Å². The lowest BCUT2D eigenvalue weighted by Crippen LogP contribution is -2.30. The largest absolute Gasteiger partial charge is 0.372 e.